The monoisotopic (exact) mass is 345 g/mol. The van der Waals surface area contributed by atoms with Gasteiger partial charge in [0.25, 0.3) is 0 Å². The maximum Gasteiger partial charge on any atom is 0.213 e. The molecule has 0 saturated heterocycles. The number of nitrogens with zero attached hydrogens (tertiary/aromatic N) is 2. The van der Waals surface area contributed by atoms with Crippen molar-refractivity contribution in [2.24, 2.45) is 0 Å². The molecule has 2 aromatic rings. The van der Waals surface area contributed by atoms with Gasteiger partial charge in [0.05, 0.1) is 5.69 Å². The zero-order chi connectivity index (χ0) is 17.0. The van der Waals surface area contributed by atoms with Crippen molar-refractivity contribution in [3.8, 4) is 5.69 Å². The molecule has 1 N–H and O–H groups in total. The van der Waals surface area contributed by atoms with Crippen LogP contribution in [0.5, 0.6) is 0 Å². The maximum atomic E-state index is 5.21. The largest absolute Gasteiger partial charge is 0.266 e. The van der Waals surface area contributed by atoms with Gasteiger partial charge in [0.1, 0.15) is 5.82 Å². The van der Waals surface area contributed by atoms with Crippen LogP contribution in [0.25, 0.3) is 5.69 Å². The third-order valence-electron chi connectivity index (χ3n) is 4.46. The van der Waals surface area contributed by atoms with E-state index in [-0.39, 0.29) is 0 Å². The molecular weight excluding hydrogens is 314 g/mol. The Hall–Kier alpha value is -1.42. The molecule has 1 heterocycles. The molecule has 0 amide bonds. The predicted molar refractivity (Wildman–Crippen MR) is 104 cm³/mol. The molecule has 0 atom stereocenters. The van der Waals surface area contributed by atoms with Gasteiger partial charge in [-0.3, -0.25) is 5.10 Å². The summed E-state index contributed by atoms with van der Waals surface area (Å²) < 4.78 is 2.59. The Morgan fingerprint density at radius 1 is 0.875 bits per heavy atom. The molecule has 2 rings (SSSR count). The van der Waals surface area contributed by atoms with E-state index in [1.807, 2.05) is 22.9 Å². The van der Waals surface area contributed by atoms with Gasteiger partial charge >= 0.3 is 0 Å². The predicted octanol–water partition coefficient (Wildman–Crippen LogP) is 6.39. The summed E-state index contributed by atoms with van der Waals surface area (Å²) in [6.07, 6.45) is 14.5. The lowest BCUT2D eigenvalue weighted by Gasteiger charge is -2.07. The van der Waals surface area contributed by atoms with E-state index in [1.165, 1.54) is 64.2 Å². The van der Waals surface area contributed by atoms with Crippen LogP contribution in [0, 0.1) is 4.77 Å². The molecule has 0 spiro atoms. The van der Waals surface area contributed by atoms with Crippen LogP contribution < -0.4 is 0 Å². The van der Waals surface area contributed by atoms with Gasteiger partial charge in [0.15, 0.2) is 0 Å². The van der Waals surface area contributed by atoms with E-state index in [0.717, 1.165) is 17.9 Å². The summed E-state index contributed by atoms with van der Waals surface area (Å²) in [6.45, 7) is 2.27. The number of para-hydroxylation sites is 1. The lowest BCUT2D eigenvalue weighted by Crippen LogP contribution is -2.03. The van der Waals surface area contributed by atoms with Crippen molar-refractivity contribution in [2.45, 2.75) is 77.6 Å². The Kier molecular flexibility index (Phi) is 8.82. The van der Waals surface area contributed by atoms with Crippen LogP contribution in [0.15, 0.2) is 30.3 Å². The molecule has 0 bridgehead atoms. The summed E-state index contributed by atoms with van der Waals surface area (Å²) in [4.78, 5) is 4.48. The Morgan fingerprint density at radius 2 is 1.46 bits per heavy atom. The molecule has 0 aliphatic rings. The molecule has 132 valence electrons. The quantitative estimate of drug-likeness (QED) is 0.357. The first-order chi connectivity index (χ1) is 11.8. The van der Waals surface area contributed by atoms with E-state index < -0.39 is 0 Å². The second-order valence-corrected chi connectivity index (χ2v) is 6.93. The average molecular weight is 346 g/mol. The third-order valence-corrected chi connectivity index (χ3v) is 4.65. The minimum Gasteiger partial charge on any atom is -0.266 e. The molecule has 0 radical (unpaired) electrons. The van der Waals surface area contributed by atoms with Crippen molar-refractivity contribution in [3.05, 3.63) is 40.9 Å². The third kappa shape index (κ3) is 6.60. The van der Waals surface area contributed by atoms with Gasteiger partial charge in [0, 0.05) is 6.42 Å². The van der Waals surface area contributed by atoms with Crippen LogP contribution >= 0.6 is 12.2 Å². The number of unbranched alkanes of at least 4 members (excludes halogenated alkanes) is 9. The SMILES string of the molecule is CCCCCCCCCCCCc1nc(=S)[nH]n1-c1ccccc1. The summed E-state index contributed by atoms with van der Waals surface area (Å²) in [5.74, 6) is 1.05. The van der Waals surface area contributed by atoms with Crippen molar-refractivity contribution in [3.63, 3.8) is 0 Å². The Balaban J connectivity index is 1.66. The molecule has 3 nitrogen and oxygen atoms in total. The molecular formula is C20H31N3S. The number of hydrogen-bond acceptors (Lipinski definition) is 2. The maximum absolute atomic E-state index is 5.21. The van der Waals surface area contributed by atoms with Gasteiger partial charge in [-0.25, -0.2) is 9.67 Å². The first-order valence-electron chi connectivity index (χ1n) is 9.54. The van der Waals surface area contributed by atoms with E-state index >= 15 is 0 Å². The van der Waals surface area contributed by atoms with Gasteiger partial charge in [-0.15, -0.1) is 0 Å². The molecule has 0 aliphatic heterocycles. The smallest absolute Gasteiger partial charge is 0.213 e. The van der Waals surface area contributed by atoms with E-state index in [2.05, 4.69) is 29.1 Å². The fraction of sp³-hybridized carbons (Fsp3) is 0.600. The Morgan fingerprint density at radius 3 is 2.08 bits per heavy atom. The molecule has 0 saturated carbocycles. The van der Waals surface area contributed by atoms with E-state index in [0.29, 0.717) is 4.77 Å². The lowest BCUT2D eigenvalue weighted by molar-refractivity contribution is 0.552. The van der Waals surface area contributed by atoms with Crippen LogP contribution in [0.1, 0.15) is 77.0 Å². The number of hydrogen-bond donors (Lipinski definition) is 1. The normalized spacial score (nSPS) is 11.0. The molecule has 0 unspecified atom stereocenters. The van der Waals surface area contributed by atoms with Crippen molar-refractivity contribution in [2.75, 3.05) is 0 Å². The molecule has 0 aliphatic carbocycles. The second-order valence-electron chi connectivity index (χ2n) is 6.55. The molecule has 24 heavy (non-hydrogen) atoms. The van der Waals surface area contributed by atoms with Gasteiger partial charge in [-0.05, 0) is 30.8 Å². The van der Waals surface area contributed by atoms with Gasteiger partial charge in [-0.2, -0.15) is 0 Å². The van der Waals surface area contributed by atoms with Crippen molar-refractivity contribution in [1.29, 1.82) is 0 Å². The van der Waals surface area contributed by atoms with Crippen LogP contribution in [0.2, 0.25) is 0 Å². The highest BCUT2D eigenvalue weighted by Gasteiger charge is 2.06. The van der Waals surface area contributed by atoms with Crippen molar-refractivity contribution in [1.82, 2.24) is 14.8 Å². The van der Waals surface area contributed by atoms with Crippen LogP contribution in [0.4, 0.5) is 0 Å². The van der Waals surface area contributed by atoms with Crippen LogP contribution in [-0.4, -0.2) is 14.8 Å². The number of nitrogens with one attached hydrogen (secondary N) is 1. The number of aryl methyl sites for hydroxylation is 1. The first-order valence-corrected chi connectivity index (χ1v) is 9.95. The fourth-order valence-electron chi connectivity index (χ4n) is 3.08. The molecule has 0 fully saturated rings. The topological polar surface area (TPSA) is 33.6 Å². The van der Waals surface area contributed by atoms with Gasteiger partial charge < -0.3 is 0 Å². The number of aromatic amines is 1. The van der Waals surface area contributed by atoms with Crippen LogP contribution in [0.3, 0.4) is 0 Å². The van der Waals surface area contributed by atoms with Crippen molar-refractivity contribution < 1.29 is 0 Å². The lowest BCUT2D eigenvalue weighted by atomic mass is 10.1. The number of H-pyrrole nitrogens is 1. The number of aromatic nitrogens is 3. The first kappa shape index (κ1) is 18.9. The van der Waals surface area contributed by atoms with E-state index in [4.69, 9.17) is 12.2 Å². The standard InChI is InChI=1S/C20H31N3S/c1-2-3-4-5-6-7-8-9-10-14-17-19-21-20(24)22-23(19)18-15-12-11-13-16-18/h11-13,15-16H,2-10,14,17H2,1H3,(H,22,24). The fourth-order valence-corrected chi connectivity index (χ4v) is 3.28. The average Bonchev–Trinajstić information content (AvgIpc) is 2.98. The Labute approximate surface area is 151 Å². The van der Waals surface area contributed by atoms with E-state index in [1.54, 1.807) is 0 Å². The number of rotatable bonds is 12. The Bertz CT molecular complexity index is 615. The summed E-state index contributed by atoms with van der Waals surface area (Å²) in [6, 6.07) is 10.3. The molecule has 1 aromatic carbocycles. The summed E-state index contributed by atoms with van der Waals surface area (Å²) >= 11 is 5.21. The van der Waals surface area contributed by atoms with Gasteiger partial charge in [-0.1, -0.05) is 82.9 Å². The zero-order valence-electron chi connectivity index (χ0n) is 15.0. The van der Waals surface area contributed by atoms with Crippen molar-refractivity contribution >= 4 is 12.2 Å². The highest BCUT2D eigenvalue weighted by molar-refractivity contribution is 7.71. The minimum atomic E-state index is 0.570. The van der Waals surface area contributed by atoms with E-state index in [9.17, 15) is 0 Å². The highest BCUT2D eigenvalue weighted by atomic mass is 32.1. The second kappa shape index (κ2) is 11.2. The highest BCUT2D eigenvalue weighted by Crippen LogP contribution is 2.14. The summed E-state index contributed by atoms with van der Waals surface area (Å²) in [7, 11) is 0. The molecule has 4 heteroatoms. The zero-order valence-corrected chi connectivity index (χ0v) is 15.8. The summed E-state index contributed by atoms with van der Waals surface area (Å²) in [5.41, 5.74) is 1.10. The van der Waals surface area contributed by atoms with Gasteiger partial charge in [0.2, 0.25) is 4.77 Å². The van der Waals surface area contributed by atoms with Crippen LogP contribution in [-0.2, 0) is 6.42 Å². The number of benzene rings is 1. The summed E-state index contributed by atoms with van der Waals surface area (Å²) in [5, 5.41) is 3.17. The molecule has 1 aromatic heterocycles. The minimum absolute atomic E-state index is 0.570.